The van der Waals surface area contributed by atoms with Crippen molar-refractivity contribution in [2.45, 2.75) is 19.8 Å². The normalized spacial score (nSPS) is 10.1. The van der Waals surface area contributed by atoms with Crippen molar-refractivity contribution in [2.75, 3.05) is 6.61 Å². The van der Waals surface area contributed by atoms with Crippen LogP contribution in [0.5, 0.6) is 5.75 Å². The Hall–Kier alpha value is -3.13. The molecule has 0 bridgehead atoms. The van der Waals surface area contributed by atoms with Crippen molar-refractivity contribution in [3.05, 3.63) is 68.7 Å². The van der Waals surface area contributed by atoms with Crippen LogP contribution in [-0.2, 0) is 11.2 Å². The number of benzene rings is 2. The molecule has 0 saturated carbocycles. The monoisotopic (exact) mass is 391 g/mol. The quantitative estimate of drug-likeness (QED) is 0.556. The number of hydrogen-bond donors (Lipinski definition) is 2. The van der Waals surface area contributed by atoms with E-state index in [9.17, 15) is 19.7 Å². The molecule has 0 spiro atoms. The minimum atomic E-state index is -0.716. The summed E-state index contributed by atoms with van der Waals surface area (Å²) in [6, 6.07) is 11.0. The van der Waals surface area contributed by atoms with Crippen LogP contribution >= 0.6 is 11.6 Å². The summed E-state index contributed by atoms with van der Waals surface area (Å²) in [6.45, 7) is 1.79. The molecule has 0 saturated heterocycles. The van der Waals surface area contributed by atoms with E-state index in [1.165, 1.54) is 17.7 Å². The van der Waals surface area contributed by atoms with Gasteiger partial charge in [0.1, 0.15) is 10.8 Å². The largest absolute Gasteiger partial charge is 0.484 e. The van der Waals surface area contributed by atoms with Crippen LogP contribution in [0, 0.1) is 10.1 Å². The van der Waals surface area contributed by atoms with Gasteiger partial charge in [-0.3, -0.25) is 30.6 Å². The fourth-order valence-electron chi connectivity index (χ4n) is 2.22. The summed E-state index contributed by atoms with van der Waals surface area (Å²) in [5.74, 6) is -0.763. The van der Waals surface area contributed by atoms with E-state index in [1.54, 1.807) is 12.1 Å². The molecule has 142 valence electrons. The minimum Gasteiger partial charge on any atom is -0.484 e. The SMILES string of the molecule is CCCc1ccc(OCC(=O)NNC(=O)c2ccc(Cl)c([N+](=O)[O-])c2)cc1. The first-order valence-electron chi connectivity index (χ1n) is 8.15. The lowest BCUT2D eigenvalue weighted by Gasteiger charge is -2.09. The first-order chi connectivity index (χ1) is 12.9. The zero-order valence-corrected chi connectivity index (χ0v) is 15.3. The van der Waals surface area contributed by atoms with Gasteiger partial charge in [0, 0.05) is 11.6 Å². The van der Waals surface area contributed by atoms with Gasteiger partial charge in [-0.1, -0.05) is 37.1 Å². The Kier molecular flexibility index (Phi) is 7.13. The fraction of sp³-hybridized carbons (Fsp3) is 0.222. The molecule has 0 aromatic heterocycles. The maximum Gasteiger partial charge on any atom is 0.288 e. The number of nitrogens with zero attached hydrogens (tertiary/aromatic N) is 1. The number of aryl methyl sites for hydroxylation is 1. The van der Waals surface area contributed by atoms with Gasteiger partial charge in [-0.2, -0.15) is 0 Å². The zero-order valence-electron chi connectivity index (χ0n) is 14.5. The van der Waals surface area contributed by atoms with E-state index in [4.69, 9.17) is 16.3 Å². The Morgan fingerprint density at radius 3 is 2.48 bits per heavy atom. The zero-order chi connectivity index (χ0) is 19.8. The number of amides is 2. The highest BCUT2D eigenvalue weighted by Gasteiger charge is 2.16. The Labute approximate surface area is 160 Å². The molecule has 0 fully saturated rings. The second-order valence-corrected chi connectivity index (χ2v) is 6.02. The number of rotatable bonds is 7. The third kappa shape index (κ3) is 5.96. The van der Waals surface area contributed by atoms with Crippen LogP contribution in [0.3, 0.4) is 0 Å². The van der Waals surface area contributed by atoms with Gasteiger partial charge in [0.05, 0.1) is 4.92 Å². The summed E-state index contributed by atoms with van der Waals surface area (Å²) in [6.07, 6.45) is 2.01. The molecular weight excluding hydrogens is 374 g/mol. The smallest absolute Gasteiger partial charge is 0.288 e. The van der Waals surface area contributed by atoms with Crippen molar-refractivity contribution in [2.24, 2.45) is 0 Å². The topological polar surface area (TPSA) is 111 Å². The third-order valence-electron chi connectivity index (χ3n) is 3.55. The molecule has 9 heteroatoms. The van der Waals surface area contributed by atoms with E-state index in [-0.39, 0.29) is 17.2 Å². The van der Waals surface area contributed by atoms with Crippen LogP contribution in [0.2, 0.25) is 5.02 Å². The van der Waals surface area contributed by atoms with Crippen molar-refractivity contribution in [1.82, 2.24) is 10.9 Å². The van der Waals surface area contributed by atoms with Crippen molar-refractivity contribution >= 4 is 29.1 Å². The number of nitro groups is 1. The Balaban J connectivity index is 1.83. The lowest BCUT2D eigenvalue weighted by Crippen LogP contribution is -2.43. The Morgan fingerprint density at radius 1 is 1.15 bits per heavy atom. The van der Waals surface area contributed by atoms with E-state index >= 15 is 0 Å². The molecule has 0 radical (unpaired) electrons. The molecule has 2 amide bonds. The summed E-state index contributed by atoms with van der Waals surface area (Å²) < 4.78 is 5.34. The lowest BCUT2D eigenvalue weighted by molar-refractivity contribution is -0.384. The maximum atomic E-state index is 12.0. The van der Waals surface area contributed by atoms with E-state index in [2.05, 4.69) is 17.8 Å². The molecule has 0 aliphatic carbocycles. The first-order valence-corrected chi connectivity index (χ1v) is 8.53. The van der Waals surface area contributed by atoms with E-state index in [0.29, 0.717) is 5.75 Å². The molecule has 0 atom stereocenters. The summed E-state index contributed by atoms with van der Waals surface area (Å²) in [5.41, 5.74) is 5.11. The number of hydrogen-bond acceptors (Lipinski definition) is 5. The molecule has 0 aliphatic rings. The van der Waals surface area contributed by atoms with Crippen LogP contribution in [0.4, 0.5) is 5.69 Å². The standard InChI is InChI=1S/C18H18ClN3O5/c1-2-3-12-4-7-14(8-5-12)27-11-17(23)20-21-18(24)13-6-9-15(19)16(10-13)22(25)26/h4-10H,2-3,11H2,1H3,(H,20,23)(H,21,24). The van der Waals surface area contributed by atoms with Gasteiger partial charge in [0.25, 0.3) is 17.5 Å². The van der Waals surface area contributed by atoms with Gasteiger partial charge in [0.2, 0.25) is 0 Å². The van der Waals surface area contributed by atoms with E-state index in [1.807, 2.05) is 12.1 Å². The minimum absolute atomic E-state index is 0.0150. The number of carbonyl (C=O) groups is 2. The Bertz CT molecular complexity index is 839. The number of nitro benzene ring substituents is 1. The van der Waals surface area contributed by atoms with Crippen LogP contribution in [0.15, 0.2) is 42.5 Å². The molecule has 2 N–H and O–H groups in total. The Morgan fingerprint density at radius 2 is 1.85 bits per heavy atom. The highest BCUT2D eigenvalue weighted by molar-refractivity contribution is 6.32. The number of halogens is 1. The van der Waals surface area contributed by atoms with Gasteiger partial charge in [-0.15, -0.1) is 0 Å². The second kappa shape index (κ2) is 9.54. The number of carbonyl (C=O) groups excluding carboxylic acids is 2. The van der Waals surface area contributed by atoms with Crippen molar-refractivity contribution in [3.63, 3.8) is 0 Å². The molecule has 2 aromatic rings. The average Bonchev–Trinajstić information content (AvgIpc) is 2.66. The van der Waals surface area contributed by atoms with Gasteiger partial charge >= 0.3 is 0 Å². The van der Waals surface area contributed by atoms with Gasteiger partial charge in [-0.05, 0) is 36.2 Å². The lowest BCUT2D eigenvalue weighted by atomic mass is 10.1. The molecule has 2 rings (SSSR count). The van der Waals surface area contributed by atoms with Crippen molar-refractivity contribution in [1.29, 1.82) is 0 Å². The number of hydrazine groups is 1. The van der Waals surface area contributed by atoms with Crippen LogP contribution in [0.25, 0.3) is 0 Å². The molecule has 8 nitrogen and oxygen atoms in total. The van der Waals surface area contributed by atoms with Crippen molar-refractivity contribution in [3.8, 4) is 5.75 Å². The molecule has 27 heavy (non-hydrogen) atoms. The number of ether oxygens (including phenoxy) is 1. The van der Waals surface area contributed by atoms with Crippen LogP contribution in [0.1, 0.15) is 29.3 Å². The number of nitrogens with one attached hydrogen (secondary N) is 2. The summed E-state index contributed by atoms with van der Waals surface area (Å²) in [7, 11) is 0. The van der Waals surface area contributed by atoms with Gasteiger partial charge < -0.3 is 4.74 Å². The first kappa shape index (κ1) is 20.2. The summed E-state index contributed by atoms with van der Waals surface area (Å²) >= 11 is 5.69. The summed E-state index contributed by atoms with van der Waals surface area (Å²) in [4.78, 5) is 33.9. The highest BCUT2D eigenvalue weighted by atomic mass is 35.5. The average molecular weight is 392 g/mol. The molecule has 2 aromatic carbocycles. The molecule has 0 aliphatic heterocycles. The van der Waals surface area contributed by atoms with E-state index in [0.717, 1.165) is 18.9 Å². The van der Waals surface area contributed by atoms with Gasteiger partial charge in [0.15, 0.2) is 6.61 Å². The van der Waals surface area contributed by atoms with Crippen molar-refractivity contribution < 1.29 is 19.2 Å². The third-order valence-corrected chi connectivity index (χ3v) is 3.87. The molecule has 0 heterocycles. The van der Waals surface area contributed by atoms with Gasteiger partial charge in [-0.25, -0.2) is 0 Å². The molecular formula is C18H18ClN3O5. The predicted molar refractivity (Wildman–Crippen MR) is 99.6 cm³/mol. The van der Waals surface area contributed by atoms with Crippen LogP contribution in [-0.4, -0.2) is 23.3 Å². The predicted octanol–water partition coefficient (Wildman–Crippen LogP) is 3.04. The van der Waals surface area contributed by atoms with Crippen LogP contribution < -0.4 is 15.6 Å². The maximum absolute atomic E-state index is 12.0. The van der Waals surface area contributed by atoms with E-state index < -0.39 is 22.4 Å². The highest BCUT2D eigenvalue weighted by Crippen LogP contribution is 2.24. The fourth-order valence-corrected chi connectivity index (χ4v) is 2.41. The second-order valence-electron chi connectivity index (χ2n) is 5.61. The summed E-state index contributed by atoms with van der Waals surface area (Å²) in [5, 5.41) is 10.8. The molecule has 0 unspecified atom stereocenters.